The summed E-state index contributed by atoms with van der Waals surface area (Å²) in [5.41, 5.74) is 10.9. The van der Waals surface area contributed by atoms with Crippen molar-refractivity contribution in [1.29, 1.82) is 0 Å². The Morgan fingerprint density at radius 3 is 2.35 bits per heavy atom. The molecule has 7 heterocycles. The summed E-state index contributed by atoms with van der Waals surface area (Å²) in [5, 5.41) is 21.4. The summed E-state index contributed by atoms with van der Waals surface area (Å²) < 4.78 is 76.9. The number of carbonyl (C=O) groups excluding carboxylic acids is 4. The number of fused-ring (bicyclic) bond motifs is 2. The number of nitrogens with zero attached hydrogens (tertiary/aromatic N) is 9. The number of rotatable bonds is 15. The topological polar surface area (TPSA) is 231 Å². The largest absolute Gasteiger partial charge is 0.484 e. The molecule has 19 nitrogen and oxygen atoms in total. The molecule has 3 atom stereocenters. The van der Waals surface area contributed by atoms with Crippen LogP contribution >= 0.6 is 0 Å². The lowest BCUT2D eigenvalue weighted by molar-refractivity contribution is -0.149. The number of piperidine rings is 3. The Morgan fingerprint density at radius 1 is 0.893 bits per heavy atom. The lowest BCUT2D eigenvalue weighted by atomic mass is 9.90. The molecule has 0 bridgehead atoms. The normalized spacial score (nSPS) is 19.1. The van der Waals surface area contributed by atoms with Gasteiger partial charge in [0.15, 0.2) is 0 Å². The maximum atomic E-state index is 13.8. The Kier molecular flexibility index (Phi) is 13.9. The Hall–Kier alpha value is -7.37. The van der Waals surface area contributed by atoms with Gasteiger partial charge in [-0.15, -0.1) is 0 Å². The van der Waals surface area contributed by atoms with E-state index in [0.717, 1.165) is 47.5 Å². The summed E-state index contributed by atoms with van der Waals surface area (Å²) in [4.78, 5) is 63.2. The van der Waals surface area contributed by atoms with Crippen molar-refractivity contribution in [3.05, 3.63) is 102 Å². The minimum atomic E-state index is -5.08. The number of hydrogen-bond acceptors (Lipinski definition) is 14. The van der Waals surface area contributed by atoms with Gasteiger partial charge in [0.1, 0.15) is 41.5 Å². The van der Waals surface area contributed by atoms with Crippen LogP contribution in [0.5, 0.6) is 5.75 Å². The van der Waals surface area contributed by atoms with Crippen molar-refractivity contribution in [3.63, 3.8) is 0 Å². The number of ether oxygens (including phenoxy) is 1. The number of benzene rings is 3. The van der Waals surface area contributed by atoms with E-state index in [1.54, 1.807) is 43.2 Å². The number of carbonyl (C=O) groups is 4. The minimum absolute atomic E-state index is 0.0602. The van der Waals surface area contributed by atoms with Gasteiger partial charge in [-0.2, -0.15) is 19.0 Å². The predicted octanol–water partition coefficient (Wildman–Crippen LogP) is 6.72. The third kappa shape index (κ3) is 9.79. The third-order valence-corrected chi connectivity index (χ3v) is 16.1. The molecule has 2 unspecified atom stereocenters. The van der Waals surface area contributed by atoms with E-state index in [2.05, 4.69) is 14.8 Å². The van der Waals surface area contributed by atoms with Crippen LogP contribution in [0.3, 0.4) is 0 Å². The molecule has 0 saturated carbocycles. The van der Waals surface area contributed by atoms with Gasteiger partial charge in [-0.05, 0) is 99.7 Å². The van der Waals surface area contributed by atoms with Crippen molar-refractivity contribution in [2.24, 2.45) is 13.0 Å². The minimum Gasteiger partial charge on any atom is -0.484 e. The smallest absolute Gasteiger partial charge is 0.355 e. The van der Waals surface area contributed by atoms with E-state index in [1.165, 1.54) is 49.5 Å². The fourth-order valence-corrected chi connectivity index (χ4v) is 11.5. The van der Waals surface area contributed by atoms with Gasteiger partial charge in [0.05, 0.1) is 45.6 Å². The van der Waals surface area contributed by atoms with Crippen LogP contribution in [-0.4, -0.2) is 128 Å². The van der Waals surface area contributed by atoms with Gasteiger partial charge < -0.3 is 20.5 Å². The van der Waals surface area contributed by atoms with Crippen LogP contribution in [0.25, 0.3) is 33.3 Å². The fraction of sp³-hybridized carbons (Fsp3) is 0.404. The van der Waals surface area contributed by atoms with Crippen LogP contribution in [0, 0.1) is 11.7 Å². The van der Waals surface area contributed by atoms with E-state index in [9.17, 15) is 45.9 Å². The molecular weight excluding hydrogens is 996 g/mol. The number of likely N-dealkylation sites (tertiary alicyclic amines) is 2. The van der Waals surface area contributed by atoms with Gasteiger partial charge in [0.2, 0.25) is 5.91 Å². The Bertz CT molecular complexity index is 3320. The Balaban J connectivity index is 0.765. The van der Waals surface area contributed by atoms with Gasteiger partial charge in [0.25, 0.3) is 27.7 Å². The first-order valence-corrected chi connectivity index (χ1v) is 26.4. The van der Waals surface area contributed by atoms with Gasteiger partial charge in [0, 0.05) is 75.8 Å². The van der Waals surface area contributed by atoms with Crippen LogP contribution in [-0.2, 0) is 26.7 Å². The molecule has 4 aliphatic heterocycles. The van der Waals surface area contributed by atoms with Gasteiger partial charge in [-0.3, -0.25) is 48.0 Å². The lowest BCUT2D eigenvalue weighted by Gasteiger charge is -2.37. The molecule has 3 saturated heterocycles. The predicted molar refractivity (Wildman–Crippen MR) is 271 cm³/mol. The first kappa shape index (κ1) is 51.1. The number of nitrogens with two attached hydrogens (primary N) is 1. The van der Waals surface area contributed by atoms with Gasteiger partial charge in [-0.25, -0.2) is 17.8 Å². The molecule has 0 aliphatic carbocycles. The SMILES string of the molecule is C[C@H](Oc1cc(-c2nn(C)c3c(-c4cnn(C5CCN(C(O)CCC6CCN(c7cccc8c7C(=O)N(C7CCC(=O)N(C)C7=O)C8=O)CC6)CC5)c4)cnc(N)c23)ccc1NS(=O)(=O)C(F)F)c1ccc(F)cc1. The number of nitrogens with one attached hydrogen (secondary N) is 1. The summed E-state index contributed by atoms with van der Waals surface area (Å²) in [6.07, 6.45) is 8.76. The summed E-state index contributed by atoms with van der Waals surface area (Å²) in [6, 6.07) is 14.0. The van der Waals surface area contributed by atoms with E-state index in [0.29, 0.717) is 83.1 Å². The van der Waals surface area contributed by atoms with Crippen molar-refractivity contribution in [3.8, 4) is 28.1 Å². The van der Waals surface area contributed by atoms with Crippen LogP contribution in [0.2, 0.25) is 0 Å². The number of aliphatic hydroxyl groups is 1. The van der Waals surface area contributed by atoms with Crippen molar-refractivity contribution >= 4 is 61.7 Å². The molecule has 394 valence electrons. The summed E-state index contributed by atoms with van der Waals surface area (Å²) in [6.45, 7) is 4.31. The molecule has 0 radical (unpaired) electrons. The second-order valence-corrected chi connectivity index (χ2v) is 21.3. The maximum absolute atomic E-state index is 13.8. The van der Waals surface area contributed by atoms with E-state index in [4.69, 9.17) is 20.7 Å². The van der Waals surface area contributed by atoms with E-state index in [-0.39, 0.29) is 47.6 Å². The number of imide groups is 2. The second kappa shape index (κ2) is 20.4. The number of sulfonamides is 1. The first-order chi connectivity index (χ1) is 35.9. The summed E-state index contributed by atoms with van der Waals surface area (Å²) in [5.74, 6) is -5.66. The van der Waals surface area contributed by atoms with Crippen LogP contribution in [0.15, 0.2) is 79.3 Å². The van der Waals surface area contributed by atoms with Crippen molar-refractivity contribution < 1.29 is 50.6 Å². The Labute approximate surface area is 430 Å². The molecule has 4 aliphatic rings. The molecule has 4 N–H and O–H groups in total. The number of nitrogen functional groups attached to an aromatic ring is 1. The number of aromatic nitrogens is 5. The molecule has 4 amide bonds. The molecule has 23 heteroatoms. The zero-order valence-electron chi connectivity index (χ0n) is 41.4. The fourth-order valence-electron chi connectivity index (χ4n) is 10.9. The number of aryl methyl sites for hydroxylation is 1. The molecule has 6 aromatic rings. The third-order valence-electron chi connectivity index (χ3n) is 15.1. The van der Waals surface area contributed by atoms with Crippen LogP contribution in [0.1, 0.15) is 96.7 Å². The van der Waals surface area contributed by atoms with E-state index < -0.39 is 57.7 Å². The highest BCUT2D eigenvalue weighted by Gasteiger charge is 2.47. The molecule has 3 aromatic carbocycles. The molecule has 3 fully saturated rings. The molecule has 0 spiro atoms. The number of likely N-dealkylation sites (N-methyl/N-ethyl adjacent to an activating group) is 1. The molecule has 3 aromatic heterocycles. The van der Waals surface area contributed by atoms with Crippen molar-refractivity contribution in [2.45, 2.75) is 88.5 Å². The number of alkyl halides is 2. The number of amides is 4. The standard InChI is InChI=1S/C52H56F3N11O8S/c1-29(31-8-11-34(53)12-9-31)74-41-25-32(10-13-38(41)60-75(72,73)52(54)55)46-45-47(62(3)59-46)37(27-57-48(45)56)33-26-58-65(28-33)35-19-23-64(24-20-35)43(68)15-7-30-17-21-63(22-18-30)39-6-4-5-36-44(39)51(71)66(49(36)69)40-14-16-42(67)61(2)50(40)70/h4-6,8-13,25-30,35,40,43,52,60,68H,7,14-24H2,1-3H3,(H2,56,57)/t29-,40?,43?/m0/s1. The monoisotopic (exact) mass is 1050 g/mol. The number of aliphatic hydroxyl groups excluding tert-OH is 1. The van der Waals surface area contributed by atoms with Gasteiger partial charge in [-0.1, -0.05) is 24.3 Å². The zero-order chi connectivity index (χ0) is 53.0. The molecule has 10 rings (SSSR count). The number of anilines is 3. The van der Waals surface area contributed by atoms with Crippen LogP contribution < -0.4 is 20.1 Å². The number of pyridine rings is 1. The van der Waals surface area contributed by atoms with Crippen LogP contribution in [0.4, 0.5) is 30.4 Å². The summed E-state index contributed by atoms with van der Waals surface area (Å²) in [7, 11) is -1.96. The van der Waals surface area contributed by atoms with Gasteiger partial charge >= 0.3 is 5.76 Å². The highest BCUT2D eigenvalue weighted by atomic mass is 32.2. The maximum Gasteiger partial charge on any atom is 0.355 e. The van der Waals surface area contributed by atoms with Crippen molar-refractivity contribution in [2.75, 3.05) is 48.6 Å². The second-order valence-electron chi connectivity index (χ2n) is 19.7. The first-order valence-electron chi connectivity index (χ1n) is 24.9. The lowest BCUT2D eigenvalue weighted by Crippen LogP contribution is -2.54. The number of hydrogen-bond donors (Lipinski definition) is 3. The highest BCUT2D eigenvalue weighted by molar-refractivity contribution is 7.93. The highest BCUT2D eigenvalue weighted by Crippen LogP contribution is 2.42. The average molecular weight is 1050 g/mol. The van der Waals surface area contributed by atoms with Crippen molar-refractivity contribution in [1.82, 2.24) is 39.2 Å². The van der Waals surface area contributed by atoms with E-state index >= 15 is 0 Å². The average Bonchev–Trinajstić information content (AvgIpc) is 4.12. The Morgan fingerprint density at radius 2 is 1.63 bits per heavy atom. The summed E-state index contributed by atoms with van der Waals surface area (Å²) >= 11 is 0. The quantitative estimate of drug-likeness (QED) is 0.0907. The number of halogens is 3. The van der Waals surface area contributed by atoms with E-state index in [1.807, 2.05) is 21.7 Å². The zero-order valence-corrected chi connectivity index (χ0v) is 42.2. The molecular formula is C52H56F3N11O8S. The molecule has 75 heavy (non-hydrogen) atoms.